The first kappa shape index (κ1) is 15.5. The zero-order valence-corrected chi connectivity index (χ0v) is 13.8. The Bertz CT molecular complexity index is 495. The predicted octanol–water partition coefficient (Wildman–Crippen LogP) is 3.54. The second kappa shape index (κ2) is 6.72. The fraction of sp³-hybridized carbons (Fsp3) is 0.571. The van der Waals surface area contributed by atoms with Crippen LogP contribution in [0.25, 0.3) is 0 Å². The molecule has 0 aromatic carbocycles. The lowest BCUT2D eigenvalue weighted by Gasteiger charge is -2.32. The molecular formula is C14H18BrNO3S. The third-order valence-electron chi connectivity index (χ3n) is 3.64. The zero-order chi connectivity index (χ0) is 14.7. The Kier molecular flexibility index (Phi) is 5.21. The number of carboxylic acid groups (broad SMARTS) is 1. The highest BCUT2D eigenvalue weighted by atomic mass is 79.9. The van der Waals surface area contributed by atoms with Crippen molar-refractivity contribution in [3.05, 3.63) is 20.3 Å². The standard InChI is InChI=1S/C14H18BrNO3S/c1-9-7-11(20-13(9)15)14(19)16-6-2-3-10(8-16)4-5-12(17)18/h7,10H,2-6,8H2,1H3,(H,17,18). The summed E-state index contributed by atoms with van der Waals surface area (Å²) in [6.45, 7) is 3.43. The highest BCUT2D eigenvalue weighted by Crippen LogP contribution is 2.30. The molecule has 1 amide bonds. The molecule has 0 aliphatic carbocycles. The topological polar surface area (TPSA) is 57.6 Å². The molecule has 6 heteroatoms. The van der Waals surface area contributed by atoms with Gasteiger partial charge in [-0.2, -0.15) is 0 Å². The molecule has 1 saturated heterocycles. The van der Waals surface area contributed by atoms with Crippen LogP contribution in [0.3, 0.4) is 0 Å². The van der Waals surface area contributed by atoms with Crippen molar-refractivity contribution in [2.75, 3.05) is 13.1 Å². The monoisotopic (exact) mass is 359 g/mol. The van der Waals surface area contributed by atoms with Gasteiger partial charge in [0.15, 0.2) is 0 Å². The summed E-state index contributed by atoms with van der Waals surface area (Å²) in [6.07, 6.45) is 2.83. The highest BCUT2D eigenvalue weighted by molar-refractivity contribution is 9.11. The van der Waals surface area contributed by atoms with E-state index in [9.17, 15) is 9.59 Å². The summed E-state index contributed by atoms with van der Waals surface area (Å²) in [4.78, 5) is 25.7. The number of thiophene rings is 1. The predicted molar refractivity (Wildman–Crippen MR) is 82.3 cm³/mol. The van der Waals surface area contributed by atoms with E-state index in [4.69, 9.17) is 5.11 Å². The molecule has 0 saturated carbocycles. The van der Waals surface area contributed by atoms with Gasteiger partial charge in [-0.15, -0.1) is 11.3 Å². The van der Waals surface area contributed by atoms with Gasteiger partial charge in [0.05, 0.1) is 8.66 Å². The molecule has 2 rings (SSSR count). The number of aryl methyl sites for hydroxylation is 1. The number of piperidine rings is 1. The molecule has 1 unspecified atom stereocenters. The normalized spacial score (nSPS) is 19.1. The van der Waals surface area contributed by atoms with Crippen molar-refractivity contribution in [2.24, 2.45) is 5.92 Å². The van der Waals surface area contributed by atoms with E-state index in [-0.39, 0.29) is 12.3 Å². The van der Waals surface area contributed by atoms with Crippen molar-refractivity contribution in [1.82, 2.24) is 4.90 Å². The fourth-order valence-corrected chi connectivity index (χ4v) is 4.04. The van der Waals surface area contributed by atoms with Gasteiger partial charge in [0.1, 0.15) is 0 Å². The summed E-state index contributed by atoms with van der Waals surface area (Å²) in [5.41, 5.74) is 1.08. The molecular weight excluding hydrogens is 342 g/mol. The van der Waals surface area contributed by atoms with E-state index in [1.165, 1.54) is 11.3 Å². The molecule has 0 radical (unpaired) electrons. The van der Waals surface area contributed by atoms with Gasteiger partial charge in [-0.05, 0) is 59.7 Å². The van der Waals surface area contributed by atoms with Crippen LogP contribution in [-0.2, 0) is 4.79 Å². The van der Waals surface area contributed by atoms with Crippen LogP contribution in [-0.4, -0.2) is 35.0 Å². The number of carboxylic acids is 1. The third-order valence-corrected chi connectivity index (χ3v) is 5.77. The molecule has 1 aromatic heterocycles. The van der Waals surface area contributed by atoms with Gasteiger partial charge in [0.25, 0.3) is 5.91 Å². The van der Waals surface area contributed by atoms with E-state index < -0.39 is 5.97 Å². The summed E-state index contributed by atoms with van der Waals surface area (Å²) in [5.74, 6) is -0.372. The highest BCUT2D eigenvalue weighted by Gasteiger charge is 2.26. The number of hydrogen-bond donors (Lipinski definition) is 1. The van der Waals surface area contributed by atoms with Crippen molar-refractivity contribution >= 4 is 39.1 Å². The van der Waals surface area contributed by atoms with E-state index >= 15 is 0 Å². The van der Waals surface area contributed by atoms with Crippen molar-refractivity contribution < 1.29 is 14.7 Å². The quantitative estimate of drug-likeness (QED) is 0.894. The molecule has 1 N–H and O–H groups in total. The molecule has 20 heavy (non-hydrogen) atoms. The number of likely N-dealkylation sites (tertiary alicyclic amines) is 1. The maximum Gasteiger partial charge on any atom is 0.303 e. The zero-order valence-electron chi connectivity index (χ0n) is 11.4. The first-order chi connectivity index (χ1) is 9.47. The Morgan fingerprint density at radius 2 is 2.30 bits per heavy atom. The maximum atomic E-state index is 12.4. The van der Waals surface area contributed by atoms with E-state index in [0.717, 1.165) is 33.6 Å². The number of aliphatic carboxylic acids is 1. The van der Waals surface area contributed by atoms with Gasteiger partial charge in [-0.1, -0.05) is 0 Å². The molecule has 0 spiro atoms. The summed E-state index contributed by atoms with van der Waals surface area (Å²) < 4.78 is 1.00. The first-order valence-electron chi connectivity index (χ1n) is 6.74. The van der Waals surface area contributed by atoms with Crippen molar-refractivity contribution in [3.63, 3.8) is 0 Å². The lowest BCUT2D eigenvalue weighted by atomic mass is 9.93. The molecule has 1 aliphatic heterocycles. The van der Waals surface area contributed by atoms with Gasteiger partial charge in [0, 0.05) is 19.5 Å². The number of rotatable bonds is 4. The fourth-order valence-electron chi connectivity index (χ4n) is 2.53. The largest absolute Gasteiger partial charge is 0.481 e. The Balaban J connectivity index is 1.97. The number of carbonyl (C=O) groups is 2. The molecule has 110 valence electrons. The van der Waals surface area contributed by atoms with Gasteiger partial charge < -0.3 is 10.0 Å². The minimum absolute atomic E-state index is 0.0730. The Morgan fingerprint density at radius 1 is 1.55 bits per heavy atom. The van der Waals surface area contributed by atoms with Crippen molar-refractivity contribution in [3.8, 4) is 0 Å². The smallest absolute Gasteiger partial charge is 0.303 e. The van der Waals surface area contributed by atoms with Gasteiger partial charge in [-0.3, -0.25) is 9.59 Å². The number of halogens is 1. The van der Waals surface area contributed by atoms with Crippen molar-refractivity contribution in [2.45, 2.75) is 32.6 Å². The average molecular weight is 360 g/mol. The van der Waals surface area contributed by atoms with E-state index in [2.05, 4.69) is 15.9 Å². The van der Waals surface area contributed by atoms with Crippen molar-refractivity contribution in [1.29, 1.82) is 0 Å². The molecule has 0 bridgehead atoms. The van der Waals surface area contributed by atoms with Gasteiger partial charge in [0.2, 0.25) is 0 Å². The molecule has 2 heterocycles. The van der Waals surface area contributed by atoms with Gasteiger partial charge >= 0.3 is 5.97 Å². The molecule has 4 nitrogen and oxygen atoms in total. The van der Waals surface area contributed by atoms with Crippen LogP contribution in [0, 0.1) is 12.8 Å². The minimum atomic E-state index is -0.758. The van der Waals surface area contributed by atoms with E-state index in [0.29, 0.717) is 18.9 Å². The van der Waals surface area contributed by atoms with Crippen LogP contribution in [0.5, 0.6) is 0 Å². The lowest BCUT2D eigenvalue weighted by Crippen LogP contribution is -2.39. The van der Waals surface area contributed by atoms with Crippen LogP contribution >= 0.6 is 27.3 Å². The van der Waals surface area contributed by atoms with Crippen LogP contribution in [0.15, 0.2) is 9.85 Å². The number of amides is 1. The Labute approximate surface area is 130 Å². The number of carbonyl (C=O) groups excluding carboxylic acids is 1. The summed E-state index contributed by atoms with van der Waals surface area (Å²) in [5, 5.41) is 8.75. The molecule has 1 aromatic rings. The lowest BCUT2D eigenvalue weighted by molar-refractivity contribution is -0.137. The summed E-state index contributed by atoms with van der Waals surface area (Å²) in [6, 6.07) is 1.91. The summed E-state index contributed by atoms with van der Waals surface area (Å²) >= 11 is 4.91. The van der Waals surface area contributed by atoms with E-state index in [1.54, 1.807) is 0 Å². The Hall–Kier alpha value is -0.880. The van der Waals surface area contributed by atoms with Crippen LogP contribution in [0.1, 0.15) is 40.9 Å². The van der Waals surface area contributed by atoms with Gasteiger partial charge in [-0.25, -0.2) is 0 Å². The third kappa shape index (κ3) is 3.82. The second-order valence-electron chi connectivity index (χ2n) is 5.26. The summed E-state index contributed by atoms with van der Waals surface area (Å²) in [7, 11) is 0. The SMILES string of the molecule is Cc1cc(C(=O)N2CCCC(CCC(=O)O)C2)sc1Br. The average Bonchev–Trinajstić information content (AvgIpc) is 2.76. The molecule has 1 aliphatic rings. The van der Waals surface area contributed by atoms with E-state index in [1.807, 2.05) is 17.9 Å². The maximum absolute atomic E-state index is 12.4. The van der Waals surface area contributed by atoms with Crippen LogP contribution < -0.4 is 0 Å². The molecule has 1 atom stereocenters. The number of hydrogen-bond acceptors (Lipinski definition) is 3. The van der Waals surface area contributed by atoms with Crippen LogP contribution in [0.4, 0.5) is 0 Å². The minimum Gasteiger partial charge on any atom is -0.481 e. The number of nitrogens with zero attached hydrogens (tertiary/aromatic N) is 1. The second-order valence-corrected chi connectivity index (χ2v) is 7.63. The van der Waals surface area contributed by atoms with Crippen LogP contribution in [0.2, 0.25) is 0 Å². The Morgan fingerprint density at radius 3 is 2.90 bits per heavy atom. The first-order valence-corrected chi connectivity index (χ1v) is 8.35. The molecule has 1 fully saturated rings.